The van der Waals surface area contributed by atoms with Crippen molar-refractivity contribution in [1.29, 1.82) is 0 Å². The molecule has 3 N–H and O–H groups in total. The minimum atomic E-state index is -0.361. The van der Waals surface area contributed by atoms with Gasteiger partial charge >= 0.3 is 0 Å². The van der Waals surface area contributed by atoms with E-state index in [4.69, 9.17) is 5.73 Å². The van der Waals surface area contributed by atoms with Gasteiger partial charge in [-0.05, 0) is 26.2 Å². The molecule has 1 unspecified atom stereocenters. The Labute approximate surface area is 61.0 Å². The van der Waals surface area contributed by atoms with Crippen molar-refractivity contribution in [3.05, 3.63) is 0 Å². The summed E-state index contributed by atoms with van der Waals surface area (Å²) in [7, 11) is 0. The number of carbonyl (C=O) groups is 1. The highest BCUT2D eigenvalue weighted by atomic mass is 16.2. The molecule has 1 aliphatic carbocycles. The van der Waals surface area contributed by atoms with E-state index >= 15 is 0 Å². The first kappa shape index (κ1) is 7.54. The predicted octanol–water partition coefficient (Wildman–Crippen LogP) is 0.00230. The van der Waals surface area contributed by atoms with E-state index in [2.05, 4.69) is 5.32 Å². The fourth-order valence-electron chi connectivity index (χ4n) is 0.885. The molecule has 10 heavy (non-hydrogen) atoms. The molecule has 3 heteroatoms. The van der Waals surface area contributed by atoms with Gasteiger partial charge in [0, 0.05) is 6.04 Å². The van der Waals surface area contributed by atoms with Crippen LogP contribution >= 0.6 is 0 Å². The Balaban J connectivity index is 2.17. The third kappa shape index (κ3) is 1.70. The van der Waals surface area contributed by atoms with Crippen LogP contribution in [-0.4, -0.2) is 18.0 Å². The topological polar surface area (TPSA) is 55.1 Å². The molecular formula is C7H14N2O. The lowest BCUT2D eigenvalue weighted by atomic mass is 9.93. The smallest absolute Gasteiger partial charge is 0.236 e. The molecule has 58 valence electrons. The van der Waals surface area contributed by atoms with Gasteiger partial charge in [0.2, 0.25) is 5.91 Å². The number of hydrogen-bond acceptors (Lipinski definition) is 2. The standard InChI is InChI=1S/C7H14N2O/c1-5(8)7(10)9-6-3-2-4-6/h5-6H,2-4,8H2,1H3,(H,9,10). The van der Waals surface area contributed by atoms with Crippen LogP contribution in [0.15, 0.2) is 0 Å². The Morgan fingerprint density at radius 2 is 2.30 bits per heavy atom. The average molecular weight is 142 g/mol. The number of hydrogen-bond donors (Lipinski definition) is 2. The van der Waals surface area contributed by atoms with Crippen molar-refractivity contribution >= 4 is 5.91 Å². The van der Waals surface area contributed by atoms with Gasteiger partial charge in [-0.1, -0.05) is 0 Å². The lowest BCUT2D eigenvalue weighted by molar-refractivity contribution is -0.123. The van der Waals surface area contributed by atoms with Gasteiger partial charge in [-0.2, -0.15) is 0 Å². The van der Waals surface area contributed by atoms with E-state index in [9.17, 15) is 4.79 Å². The van der Waals surface area contributed by atoms with Gasteiger partial charge in [0.25, 0.3) is 0 Å². The SMILES string of the molecule is CC(N)C(=O)NC1CCC1. The molecule has 0 aliphatic heterocycles. The Hall–Kier alpha value is -0.570. The first-order chi connectivity index (χ1) is 4.70. The fourth-order valence-corrected chi connectivity index (χ4v) is 0.885. The molecule has 1 atom stereocenters. The molecule has 1 aliphatic rings. The largest absolute Gasteiger partial charge is 0.352 e. The zero-order valence-electron chi connectivity index (χ0n) is 6.26. The lowest BCUT2D eigenvalue weighted by Crippen LogP contribution is -2.46. The summed E-state index contributed by atoms with van der Waals surface area (Å²) in [5.41, 5.74) is 5.35. The highest BCUT2D eigenvalue weighted by molar-refractivity contribution is 5.81. The van der Waals surface area contributed by atoms with Crippen molar-refractivity contribution in [1.82, 2.24) is 5.32 Å². The first-order valence-corrected chi connectivity index (χ1v) is 3.76. The minimum absolute atomic E-state index is 0.0234. The van der Waals surface area contributed by atoms with Gasteiger partial charge in [-0.3, -0.25) is 4.79 Å². The monoisotopic (exact) mass is 142 g/mol. The summed E-state index contributed by atoms with van der Waals surface area (Å²) in [6.07, 6.45) is 3.49. The summed E-state index contributed by atoms with van der Waals surface area (Å²) in [4.78, 5) is 10.9. The normalized spacial score (nSPS) is 21.4. The van der Waals surface area contributed by atoms with Crippen LogP contribution in [0.3, 0.4) is 0 Å². The number of carbonyl (C=O) groups excluding carboxylic acids is 1. The molecule has 0 aromatic heterocycles. The number of nitrogens with two attached hydrogens (primary N) is 1. The van der Waals surface area contributed by atoms with Crippen molar-refractivity contribution in [3.63, 3.8) is 0 Å². The van der Waals surface area contributed by atoms with E-state index in [0.717, 1.165) is 12.8 Å². The van der Waals surface area contributed by atoms with Crippen LogP contribution in [-0.2, 0) is 4.79 Å². The van der Waals surface area contributed by atoms with Crippen LogP contribution in [0.5, 0.6) is 0 Å². The van der Waals surface area contributed by atoms with Crippen LogP contribution < -0.4 is 11.1 Å². The van der Waals surface area contributed by atoms with E-state index < -0.39 is 0 Å². The molecule has 0 aromatic carbocycles. The summed E-state index contributed by atoms with van der Waals surface area (Å²) in [6, 6.07) is 0.0547. The lowest BCUT2D eigenvalue weighted by Gasteiger charge is -2.27. The molecule has 1 fully saturated rings. The number of rotatable bonds is 2. The summed E-state index contributed by atoms with van der Waals surface area (Å²) in [6.45, 7) is 1.70. The molecule has 0 radical (unpaired) electrons. The maximum Gasteiger partial charge on any atom is 0.236 e. The quantitative estimate of drug-likeness (QED) is 0.570. The molecule has 0 heterocycles. The van der Waals surface area contributed by atoms with E-state index in [1.165, 1.54) is 6.42 Å². The first-order valence-electron chi connectivity index (χ1n) is 3.76. The highest BCUT2D eigenvalue weighted by Crippen LogP contribution is 2.17. The van der Waals surface area contributed by atoms with E-state index in [1.54, 1.807) is 6.92 Å². The van der Waals surface area contributed by atoms with E-state index in [1.807, 2.05) is 0 Å². The van der Waals surface area contributed by atoms with Crippen molar-refractivity contribution in [2.24, 2.45) is 5.73 Å². The number of nitrogens with one attached hydrogen (secondary N) is 1. The summed E-state index contributed by atoms with van der Waals surface area (Å²) >= 11 is 0. The third-order valence-electron chi connectivity index (χ3n) is 1.87. The van der Waals surface area contributed by atoms with Gasteiger partial charge in [0.05, 0.1) is 6.04 Å². The second-order valence-corrected chi connectivity index (χ2v) is 2.93. The molecule has 1 saturated carbocycles. The van der Waals surface area contributed by atoms with Gasteiger partial charge in [0.1, 0.15) is 0 Å². The summed E-state index contributed by atoms with van der Waals surface area (Å²) in [5, 5.41) is 2.85. The van der Waals surface area contributed by atoms with Crippen LogP contribution in [0.2, 0.25) is 0 Å². The maximum absolute atomic E-state index is 10.9. The predicted molar refractivity (Wildman–Crippen MR) is 39.4 cm³/mol. The van der Waals surface area contributed by atoms with Crippen LogP contribution in [0.25, 0.3) is 0 Å². The molecule has 0 saturated heterocycles. The van der Waals surface area contributed by atoms with Gasteiger partial charge in [-0.25, -0.2) is 0 Å². The molecule has 0 bridgehead atoms. The van der Waals surface area contributed by atoms with Gasteiger partial charge in [-0.15, -0.1) is 0 Å². The summed E-state index contributed by atoms with van der Waals surface area (Å²) < 4.78 is 0. The molecule has 1 amide bonds. The summed E-state index contributed by atoms with van der Waals surface area (Å²) in [5.74, 6) is -0.0234. The molecule has 0 aromatic rings. The van der Waals surface area contributed by atoms with E-state index in [-0.39, 0.29) is 11.9 Å². The van der Waals surface area contributed by atoms with Crippen LogP contribution in [0.1, 0.15) is 26.2 Å². The van der Waals surface area contributed by atoms with Gasteiger partial charge in [0.15, 0.2) is 0 Å². The fraction of sp³-hybridized carbons (Fsp3) is 0.857. The Morgan fingerprint density at radius 1 is 1.70 bits per heavy atom. The highest BCUT2D eigenvalue weighted by Gasteiger charge is 2.20. The Kier molecular flexibility index (Phi) is 2.27. The zero-order valence-corrected chi connectivity index (χ0v) is 6.26. The number of amides is 1. The molecule has 0 spiro atoms. The Bertz CT molecular complexity index is 130. The second kappa shape index (κ2) is 3.01. The van der Waals surface area contributed by atoms with Crippen molar-refractivity contribution in [2.45, 2.75) is 38.3 Å². The molecule has 3 nitrogen and oxygen atoms in total. The Morgan fingerprint density at radius 3 is 2.60 bits per heavy atom. The second-order valence-electron chi connectivity index (χ2n) is 2.93. The van der Waals surface area contributed by atoms with Crippen LogP contribution in [0.4, 0.5) is 0 Å². The molecular weight excluding hydrogens is 128 g/mol. The van der Waals surface area contributed by atoms with Crippen LogP contribution in [0, 0.1) is 0 Å². The maximum atomic E-state index is 10.9. The zero-order chi connectivity index (χ0) is 7.56. The van der Waals surface area contributed by atoms with Crippen molar-refractivity contribution < 1.29 is 4.79 Å². The average Bonchev–Trinajstić information content (AvgIpc) is 1.77. The van der Waals surface area contributed by atoms with E-state index in [0.29, 0.717) is 6.04 Å². The van der Waals surface area contributed by atoms with Gasteiger partial charge < -0.3 is 11.1 Å². The van der Waals surface area contributed by atoms with Crippen molar-refractivity contribution in [3.8, 4) is 0 Å². The third-order valence-corrected chi connectivity index (χ3v) is 1.87. The van der Waals surface area contributed by atoms with Crippen molar-refractivity contribution in [2.75, 3.05) is 0 Å². The molecule has 1 rings (SSSR count). The minimum Gasteiger partial charge on any atom is -0.352 e.